The first-order valence-corrected chi connectivity index (χ1v) is 6.58. The zero-order chi connectivity index (χ0) is 13.7. The van der Waals surface area contributed by atoms with Crippen molar-refractivity contribution in [3.8, 4) is 5.75 Å². The molecule has 0 radical (unpaired) electrons. The lowest BCUT2D eigenvalue weighted by Gasteiger charge is -2.16. The maximum absolute atomic E-state index is 13.6. The van der Waals surface area contributed by atoms with E-state index in [1.165, 1.54) is 25.3 Å². The molecular weight excluding hydrogens is 247 g/mol. The summed E-state index contributed by atoms with van der Waals surface area (Å²) in [6.07, 6.45) is 4.02. The average Bonchev–Trinajstić information content (AvgIpc) is 2.70. The van der Waals surface area contributed by atoms with Crippen LogP contribution < -0.4 is 15.4 Å². The minimum Gasteiger partial charge on any atom is -0.497 e. The van der Waals surface area contributed by atoms with E-state index in [9.17, 15) is 9.18 Å². The third-order valence-electron chi connectivity index (χ3n) is 3.31. The summed E-state index contributed by atoms with van der Waals surface area (Å²) in [6, 6.07) is 4.06. The van der Waals surface area contributed by atoms with Gasteiger partial charge < -0.3 is 15.4 Å². The van der Waals surface area contributed by atoms with Gasteiger partial charge in [0.1, 0.15) is 11.6 Å². The Bertz CT molecular complexity index is 443. The summed E-state index contributed by atoms with van der Waals surface area (Å²) in [5, 5.41) is 5.81. The highest BCUT2D eigenvalue weighted by Crippen LogP contribution is 2.21. The van der Waals surface area contributed by atoms with Gasteiger partial charge in [-0.2, -0.15) is 0 Å². The summed E-state index contributed by atoms with van der Waals surface area (Å²) in [6.45, 7) is 0.832. The van der Waals surface area contributed by atoms with E-state index in [-0.39, 0.29) is 17.6 Å². The highest BCUT2D eigenvalue weighted by atomic mass is 19.1. The van der Waals surface area contributed by atoms with Crippen LogP contribution in [0.4, 0.5) is 10.1 Å². The fraction of sp³-hybridized carbons (Fsp3) is 0.500. The Kier molecular flexibility index (Phi) is 4.74. The smallest absolute Gasteiger partial charge is 0.241 e. The molecule has 19 heavy (non-hydrogen) atoms. The molecule has 0 saturated carbocycles. The highest BCUT2D eigenvalue weighted by Gasteiger charge is 2.20. The number of nitrogens with one attached hydrogen (secondary N) is 2. The van der Waals surface area contributed by atoms with Crippen molar-refractivity contribution < 1.29 is 13.9 Å². The molecule has 1 amide bonds. The minimum atomic E-state index is -0.456. The Morgan fingerprint density at radius 3 is 3.05 bits per heavy atom. The van der Waals surface area contributed by atoms with E-state index in [0.29, 0.717) is 5.75 Å². The van der Waals surface area contributed by atoms with Gasteiger partial charge in [-0.25, -0.2) is 4.39 Å². The standard InChI is InChI=1S/C14H19FN2O2/c1-19-10-6-7-11(15)13(9-10)17-14(18)12-5-3-2-4-8-16-12/h6-7,9,12,16H,2-5,8H2,1H3,(H,17,18). The zero-order valence-corrected chi connectivity index (χ0v) is 11.0. The zero-order valence-electron chi connectivity index (χ0n) is 11.0. The van der Waals surface area contributed by atoms with Crippen LogP contribution in [0, 0.1) is 5.82 Å². The van der Waals surface area contributed by atoms with E-state index in [1.54, 1.807) is 0 Å². The monoisotopic (exact) mass is 266 g/mol. The van der Waals surface area contributed by atoms with Crippen LogP contribution in [0.15, 0.2) is 18.2 Å². The quantitative estimate of drug-likeness (QED) is 0.882. The summed E-state index contributed by atoms with van der Waals surface area (Å²) in [4.78, 5) is 12.1. The van der Waals surface area contributed by atoms with Gasteiger partial charge in [-0.3, -0.25) is 4.79 Å². The molecule has 1 saturated heterocycles. The molecule has 1 aromatic rings. The van der Waals surface area contributed by atoms with Crippen molar-refractivity contribution in [1.82, 2.24) is 5.32 Å². The van der Waals surface area contributed by atoms with Gasteiger partial charge in [-0.15, -0.1) is 0 Å². The van der Waals surface area contributed by atoms with Crippen molar-refractivity contribution in [3.05, 3.63) is 24.0 Å². The van der Waals surface area contributed by atoms with Gasteiger partial charge in [0.25, 0.3) is 0 Å². The van der Waals surface area contributed by atoms with Crippen molar-refractivity contribution in [2.75, 3.05) is 19.0 Å². The van der Waals surface area contributed by atoms with E-state index < -0.39 is 5.82 Å². The molecule has 0 spiro atoms. The number of rotatable bonds is 3. The van der Waals surface area contributed by atoms with E-state index >= 15 is 0 Å². The van der Waals surface area contributed by atoms with E-state index in [1.807, 2.05) is 0 Å². The normalized spacial score (nSPS) is 19.6. The van der Waals surface area contributed by atoms with Gasteiger partial charge in [-0.05, 0) is 31.5 Å². The van der Waals surface area contributed by atoms with Crippen LogP contribution in [0.5, 0.6) is 5.75 Å². The Morgan fingerprint density at radius 1 is 1.42 bits per heavy atom. The van der Waals surface area contributed by atoms with Gasteiger partial charge in [-0.1, -0.05) is 12.8 Å². The van der Waals surface area contributed by atoms with Crippen LogP contribution in [0.3, 0.4) is 0 Å². The predicted octanol–water partition coefficient (Wildman–Crippen LogP) is 2.30. The molecule has 1 aliphatic rings. The number of amides is 1. The molecule has 0 aromatic heterocycles. The highest BCUT2D eigenvalue weighted by molar-refractivity contribution is 5.95. The Hall–Kier alpha value is -1.62. The first kappa shape index (κ1) is 13.8. The molecule has 1 heterocycles. The van der Waals surface area contributed by atoms with Crippen LogP contribution in [0.25, 0.3) is 0 Å². The van der Waals surface area contributed by atoms with E-state index in [0.717, 1.165) is 32.2 Å². The Morgan fingerprint density at radius 2 is 2.26 bits per heavy atom. The summed E-state index contributed by atoms with van der Waals surface area (Å²) in [5.74, 6) is -0.123. The maximum atomic E-state index is 13.6. The molecule has 2 rings (SSSR count). The van der Waals surface area contributed by atoms with E-state index in [2.05, 4.69) is 10.6 Å². The van der Waals surface area contributed by atoms with Crippen LogP contribution in [0.2, 0.25) is 0 Å². The number of methoxy groups -OCH3 is 1. The lowest BCUT2D eigenvalue weighted by molar-refractivity contribution is -0.118. The van der Waals surface area contributed by atoms with Gasteiger partial charge in [0.2, 0.25) is 5.91 Å². The molecule has 1 aromatic carbocycles. The third-order valence-corrected chi connectivity index (χ3v) is 3.31. The topological polar surface area (TPSA) is 50.4 Å². The second-order valence-corrected chi connectivity index (χ2v) is 4.69. The molecule has 1 fully saturated rings. The summed E-state index contributed by atoms with van der Waals surface area (Å²) >= 11 is 0. The average molecular weight is 266 g/mol. The number of hydrogen-bond donors (Lipinski definition) is 2. The van der Waals surface area contributed by atoms with Crippen LogP contribution in [-0.2, 0) is 4.79 Å². The van der Waals surface area contributed by atoms with E-state index in [4.69, 9.17) is 4.74 Å². The second-order valence-electron chi connectivity index (χ2n) is 4.69. The lowest BCUT2D eigenvalue weighted by atomic mass is 10.1. The first-order valence-electron chi connectivity index (χ1n) is 6.58. The van der Waals surface area contributed by atoms with Crippen LogP contribution in [0.1, 0.15) is 25.7 Å². The van der Waals surface area contributed by atoms with Crippen LogP contribution in [-0.4, -0.2) is 25.6 Å². The number of ether oxygens (including phenoxy) is 1. The fourth-order valence-electron chi connectivity index (χ4n) is 2.20. The second kappa shape index (κ2) is 6.52. The summed E-state index contributed by atoms with van der Waals surface area (Å²) in [5.41, 5.74) is 0.162. The van der Waals surface area contributed by atoms with Gasteiger partial charge in [0.15, 0.2) is 0 Å². The van der Waals surface area contributed by atoms with Crippen LogP contribution >= 0.6 is 0 Å². The van der Waals surface area contributed by atoms with Crippen molar-refractivity contribution >= 4 is 11.6 Å². The molecule has 0 bridgehead atoms. The Labute approximate surface area is 112 Å². The number of benzene rings is 1. The van der Waals surface area contributed by atoms with Crippen molar-refractivity contribution in [1.29, 1.82) is 0 Å². The number of anilines is 1. The number of carbonyl (C=O) groups excluding carboxylic acids is 1. The number of carbonyl (C=O) groups is 1. The van der Waals surface area contributed by atoms with Gasteiger partial charge >= 0.3 is 0 Å². The number of hydrogen-bond acceptors (Lipinski definition) is 3. The SMILES string of the molecule is COc1ccc(F)c(NC(=O)C2CCCCCN2)c1. The fourth-order valence-corrected chi connectivity index (χ4v) is 2.20. The third kappa shape index (κ3) is 3.67. The Balaban J connectivity index is 2.05. The van der Waals surface area contributed by atoms with Gasteiger partial charge in [0.05, 0.1) is 18.8 Å². The molecule has 1 unspecified atom stereocenters. The van der Waals surface area contributed by atoms with Crippen molar-refractivity contribution in [3.63, 3.8) is 0 Å². The molecule has 0 aliphatic carbocycles. The molecular formula is C14H19FN2O2. The largest absolute Gasteiger partial charge is 0.497 e. The lowest BCUT2D eigenvalue weighted by Crippen LogP contribution is -2.40. The molecule has 1 aliphatic heterocycles. The molecule has 4 nitrogen and oxygen atoms in total. The number of halogens is 1. The van der Waals surface area contributed by atoms with Crippen molar-refractivity contribution in [2.24, 2.45) is 0 Å². The summed E-state index contributed by atoms with van der Waals surface area (Å²) < 4.78 is 18.6. The summed E-state index contributed by atoms with van der Waals surface area (Å²) in [7, 11) is 1.51. The van der Waals surface area contributed by atoms with Crippen molar-refractivity contribution in [2.45, 2.75) is 31.7 Å². The molecule has 5 heteroatoms. The first-order chi connectivity index (χ1) is 9.20. The predicted molar refractivity (Wildman–Crippen MR) is 71.8 cm³/mol. The molecule has 104 valence electrons. The van der Waals surface area contributed by atoms with Gasteiger partial charge in [0, 0.05) is 6.07 Å². The maximum Gasteiger partial charge on any atom is 0.241 e. The minimum absolute atomic E-state index is 0.162. The molecule has 1 atom stereocenters. The molecule has 2 N–H and O–H groups in total.